The zero-order valence-corrected chi connectivity index (χ0v) is 19.0. The number of benzene rings is 1. The molecule has 1 aromatic carbocycles. The first-order valence-corrected chi connectivity index (χ1v) is 11.3. The van der Waals surface area contributed by atoms with E-state index in [-0.39, 0.29) is 18.0 Å². The maximum absolute atomic E-state index is 12.1. The van der Waals surface area contributed by atoms with Crippen LogP contribution in [0.1, 0.15) is 25.1 Å². The second-order valence-corrected chi connectivity index (χ2v) is 8.20. The summed E-state index contributed by atoms with van der Waals surface area (Å²) in [4.78, 5) is 37.5. The minimum absolute atomic E-state index is 0.173. The molecule has 3 amide bonds. The zero-order valence-electron chi connectivity index (χ0n) is 19.0. The molecular weight excluding hydrogens is 424 g/mol. The van der Waals surface area contributed by atoms with Crippen molar-refractivity contribution in [3.05, 3.63) is 35.5 Å². The number of aromatic nitrogens is 2. The van der Waals surface area contributed by atoms with Crippen molar-refractivity contribution in [3.63, 3.8) is 0 Å². The molecule has 1 aromatic heterocycles. The molecule has 176 valence electrons. The van der Waals surface area contributed by atoms with E-state index in [1.165, 1.54) is 0 Å². The van der Waals surface area contributed by atoms with Gasteiger partial charge in [0.1, 0.15) is 12.4 Å². The summed E-state index contributed by atoms with van der Waals surface area (Å²) in [5, 5.41) is 14.8. The lowest BCUT2D eigenvalue weighted by molar-refractivity contribution is -0.135. The molecule has 1 unspecified atom stereocenters. The van der Waals surface area contributed by atoms with Crippen LogP contribution in [0.5, 0.6) is 0 Å². The van der Waals surface area contributed by atoms with Crippen LogP contribution in [-0.4, -0.2) is 77.4 Å². The Morgan fingerprint density at radius 1 is 1.21 bits per heavy atom. The minimum Gasteiger partial charge on any atom is -0.387 e. The monoisotopic (exact) mass is 454 g/mol. The number of fused-ring (bicyclic) bond motifs is 1. The number of morpholine rings is 1. The van der Waals surface area contributed by atoms with Gasteiger partial charge < -0.3 is 30.3 Å². The Morgan fingerprint density at radius 3 is 2.70 bits per heavy atom. The fourth-order valence-electron chi connectivity index (χ4n) is 4.17. The molecule has 3 heterocycles. The van der Waals surface area contributed by atoms with Crippen LogP contribution in [-0.2, 0) is 22.5 Å². The number of nitrogens with zero attached hydrogens (tertiary/aromatic N) is 4. The van der Waals surface area contributed by atoms with Gasteiger partial charge in [-0.2, -0.15) is 0 Å². The van der Waals surface area contributed by atoms with Gasteiger partial charge in [-0.1, -0.05) is 0 Å². The average Bonchev–Trinajstić information content (AvgIpc) is 2.83. The molecule has 0 spiro atoms. The van der Waals surface area contributed by atoms with E-state index in [1.807, 2.05) is 31.2 Å². The molecule has 0 bridgehead atoms. The molecule has 1 fully saturated rings. The van der Waals surface area contributed by atoms with Crippen molar-refractivity contribution < 1.29 is 19.4 Å². The molecule has 10 heteroatoms. The number of anilines is 2. The first kappa shape index (κ1) is 22.9. The lowest BCUT2D eigenvalue weighted by atomic mass is 10.0. The third-order valence-corrected chi connectivity index (χ3v) is 5.91. The molecular formula is C23H30N6O4. The number of urea groups is 1. The number of aliphatic hydroxyl groups excluding tert-OH is 1. The quantitative estimate of drug-likeness (QED) is 0.624. The Morgan fingerprint density at radius 2 is 2.00 bits per heavy atom. The van der Waals surface area contributed by atoms with Gasteiger partial charge in [-0.05, 0) is 44.5 Å². The molecule has 1 saturated heterocycles. The fourth-order valence-corrected chi connectivity index (χ4v) is 4.17. The Kier molecular flexibility index (Phi) is 7.05. The van der Waals surface area contributed by atoms with Crippen LogP contribution in [0.25, 0.3) is 11.4 Å². The standard InChI is InChI=1S/C23H30N6O4/c1-3-24-23(32)25-17-6-4-16(5-7-17)21-26-19-12-28(20(31)13-30)9-8-18(19)22(27-21)29-10-11-33-14-15(29)2/h4-7,15,30H,3,8-14H2,1-2H3,(H2,24,25,32). The molecule has 4 rings (SSSR count). The fraction of sp³-hybridized carbons (Fsp3) is 0.478. The number of amides is 3. The number of hydrogen-bond donors (Lipinski definition) is 3. The summed E-state index contributed by atoms with van der Waals surface area (Å²) in [6.45, 7) is 6.87. The summed E-state index contributed by atoms with van der Waals surface area (Å²) in [6.07, 6.45) is 0.635. The Hall–Kier alpha value is -3.24. The van der Waals surface area contributed by atoms with Gasteiger partial charge in [0, 0.05) is 36.4 Å². The second-order valence-electron chi connectivity index (χ2n) is 8.20. The number of aliphatic hydroxyl groups is 1. The van der Waals surface area contributed by atoms with Gasteiger partial charge in [0.05, 0.1) is 31.5 Å². The number of carbonyl (C=O) groups excluding carboxylic acids is 2. The lowest BCUT2D eigenvalue weighted by Crippen LogP contribution is -2.46. The summed E-state index contributed by atoms with van der Waals surface area (Å²) >= 11 is 0. The molecule has 0 saturated carbocycles. The number of hydrogen-bond acceptors (Lipinski definition) is 7. The number of rotatable bonds is 5. The van der Waals surface area contributed by atoms with E-state index in [0.717, 1.165) is 29.2 Å². The summed E-state index contributed by atoms with van der Waals surface area (Å²) in [5.41, 5.74) is 3.33. The predicted octanol–water partition coefficient (Wildman–Crippen LogP) is 1.39. The van der Waals surface area contributed by atoms with Crippen molar-refractivity contribution >= 4 is 23.4 Å². The number of nitrogens with one attached hydrogen (secondary N) is 2. The molecule has 0 aliphatic carbocycles. The molecule has 1 atom stereocenters. The average molecular weight is 455 g/mol. The first-order valence-electron chi connectivity index (χ1n) is 11.3. The van der Waals surface area contributed by atoms with Crippen molar-refractivity contribution in [3.8, 4) is 11.4 Å². The Labute approximate surface area is 193 Å². The van der Waals surface area contributed by atoms with Crippen LogP contribution < -0.4 is 15.5 Å². The number of ether oxygens (including phenoxy) is 1. The summed E-state index contributed by atoms with van der Waals surface area (Å²) < 4.78 is 5.61. The Balaban J connectivity index is 1.69. The third-order valence-electron chi connectivity index (χ3n) is 5.91. The maximum Gasteiger partial charge on any atom is 0.319 e. The second kappa shape index (κ2) is 10.1. The normalized spacial score (nSPS) is 18.0. The van der Waals surface area contributed by atoms with E-state index in [2.05, 4.69) is 22.5 Å². The van der Waals surface area contributed by atoms with Crippen molar-refractivity contribution in [2.75, 3.05) is 49.7 Å². The van der Waals surface area contributed by atoms with Crippen LogP contribution in [0.15, 0.2) is 24.3 Å². The summed E-state index contributed by atoms with van der Waals surface area (Å²) in [6, 6.07) is 7.28. The van der Waals surface area contributed by atoms with Crippen molar-refractivity contribution in [2.45, 2.75) is 32.9 Å². The SMILES string of the molecule is CCNC(=O)Nc1ccc(-c2nc3c(c(N4CCOCC4C)n2)CCN(C(=O)CO)C3)cc1. The van der Waals surface area contributed by atoms with Gasteiger partial charge in [0.25, 0.3) is 0 Å². The molecule has 2 aromatic rings. The van der Waals surface area contributed by atoms with E-state index in [0.29, 0.717) is 50.8 Å². The molecule has 3 N–H and O–H groups in total. The van der Waals surface area contributed by atoms with Gasteiger partial charge in [-0.15, -0.1) is 0 Å². The smallest absolute Gasteiger partial charge is 0.319 e. The topological polar surface area (TPSA) is 120 Å². The van der Waals surface area contributed by atoms with E-state index < -0.39 is 6.61 Å². The van der Waals surface area contributed by atoms with Crippen molar-refractivity contribution in [2.24, 2.45) is 0 Å². The van der Waals surface area contributed by atoms with Crippen LogP contribution in [0.4, 0.5) is 16.3 Å². The van der Waals surface area contributed by atoms with Crippen LogP contribution in [0.2, 0.25) is 0 Å². The summed E-state index contributed by atoms with van der Waals surface area (Å²) in [7, 11) is 0. The highest BCUT2D eigenvalue weighted by molar-refractivity contribution is 5.89. The Bertz CT molecular complexity index is 1010. The molecule has 2 aliphatic heterocycles. The third kappa shape index (κ3) is 5.07. The van der Waals surface area contributed by atoms with Gasteiger partial charge in [-0.25, -0.2) is 14.8 Å². The van der Waals surface area contributed by atoms with Crippen LogP contribution in [0, 0.1) is 0 Å². The molecule has 2 aliphatic rings. The van der Waals surface area contributed by atoms with Gasteiger partial charge in [-0.3, -0.25) is 4.79 Å². The van der Waals surface area contributed by atoms with Crippen LogP contribution >= 0.6 is 0 Å². The van der Waals surface area contributed by atoms with Crippen molar-refractivity contribution in [1.29, 1.82) is 0 Å². The van der Waals surface area contributed by atoms with E-state index in [1.54, 1.807) is 4.90 Å². The molecule has 10 nitrogen and oxygen atoms in total. The highest BCUT2D eigenvalue weighted by Crippen LogP contribution is 2.31. The first-order chi connectivity index (χ1) is 16.0. The molecule has 33 heavy (non-hydrogen) atoms. The highest BCUT2D eigenvalue weighted by Gasteiger charge is 2.30. The largest absolute Gasteiger partial charge is 0.387 e. The van der Waals surface area contributed by atoms with Gasteiger partial charge >= 0.3 is 6.03 Å². The summed E-state index contributed by atoms with van der Waals surface area (Å²) in [5.74, 6) is 1.14. The van der Waals surface area contributed by atoms with E-state index >= 15 is 0 Å². The zero-order chi connectivity index (χ0) is 23.4. The van der Waals surface area contributed by atoms with Crippen LogP contribution in [0.3, 0.4) is 0 Å². The minimum atomic E-state index is -0.513. The number of carbonyl (C=O) groups is 2. The maximum atomic E-state index is 12.1. The predicted molar refractivity (Wildman–Crippen MR) is 124 cm³/mol. The van der Waals surface area contributed by atoms with Crippen molar-refractivity contribution in [1.82, 2.24) is 20.2 Å². The highest BCUT2D eigenvalue weighted by atomic mass is 16.5. The van der Waals surface area contributed by atoms with Gasteiger partial charge in [0.15, 0.2) is 5.82 Å². The molecule has 0 radical (unpaired) electrons. The van der Waals surface area contributed by atoms with E-state index in [4.69, 9.17) is 14.7 Å². The lowest BCUT2D eigenvalue weighted by Gasteiger charge is -2.37. The van der Waals surface area contributed by atoms with Gasteiger partial charge in [0.2, 0.25) is 5.91 Å². The van der Waals surface area contributed by atoms with E-state index in [9.17, 15) is 14.7 Å².